The summed E-state index contributed by atoms with van der Waals surface area (Å²) in [4.78, 5) is 0. The smallest absolute Gasteiger partial charge is 0.165 e. The van der Waals surface area contributed by atoms with Crippen LogP contribution in [0, 0.1) is 12.7 Å². The van der Waals surface area contributed by atoms with E-state index in [1.165, 1.54) is 11.6 Å². The van der Waals surface area contributed by atoms with Gasteiger partial charge in [-0.2, -0.15) is 0 Å². The first-order valence-corrected chi connectivity index (χ1v) is 7.37. The second-order valence-corrected chi connectivity index (χ2v) is 5.28. The average molecular weight is 287 g/mol. The van der Waals surface area contributed by atoms with Gasteiger partial charge in [-0.3, -0.25) is 0 Å². The SMILES string of the molecule is CCCNC(C)c1ccc(Oc2cc(C)ccc2F)cc1. The molecule has 2 nitrogen and oxygen atoms in total. The Labute approximate surface area is 126 Å². The van der Waals surface area contributed by atoms with Gasteiger partial charge in [0.1, 0.15) is 5.75 Å². The maximum atomic E-state index is 13.7. The number of ether oxygens (including phenoxy) is 1. The van der Waals surface area contributed by atoms with E-state index < -0.39 is 0 Å². The van der Waals surface area contributed by atoms with Gasteiger partial charge in [-0.1, -0.05) is 25.1 Å². The zero-order chi connectivity index (χ0) is 15.2. The first-order valence-electron chi connectivity index (χ1n) is 7.37. The number of hydrogen-bond acceptors (Lipinski definition) is 2. The maximum Gasteiger partial charge on any atom is 0.165 e. The fourth-order valence-corrected chi connectivity index (χ4v) is 2.12. The van der Waals surface area contributed by atoms with Crippen molar-refractivity contribution < 1.29 is 9.13 Å². The number of nitrogens with one attached hydrogen (secondary N) is 1. The van der Waals surface area contributed by atoms with E-state index >= 15 is 0 Å². The normalized spacial score (nSPS) is 12.2. The van der Waals surface area contributed by atoms with E-state index in [2.05, 4.69) is 19.2 Å². The number of hydrogen-bond donors (Lipinski definition) is 1. The lowest BCUT2D eigenvalue weighted by molar-refractivity contribution is 0.441. The molecule has 0 spiro atoms. The first-order chi connectivity index (χ1) is 10.1. The predicted molar refractivity (Wildman–Crippen MR) is 84.4 cm³/mol. The van der Waals surface area contributed by atoms with Crippen LogP contribution >= 0.6 is 0 Å². The Hall–Kier alpha value is -1.87. The van der Waals surface area contributed by atoms with Gasteiger partial charge in [0.15, 0.2) is 11.6 Å². The molecule has 0 aromatic heterocycles. The monoisotopic (exact) mass is 287 g/mol. The molecule has 2 aromatic carbocycles. The highest BCUT2D eigenvalue weighted by atomic mass is 19.1. The van der Waals surface area contributed by atoms with Crippen LogP contribution in [0.2, 0.25) is 0 Å². The van der Waals surface area contributed by atoms with Crippen LogP contribution < -0.4 is 10.1 Å². The summed E-state index contributed by atoms with van der Waals surface area (Å²) in [5, 5.41) is 3.43. The van der Waals surface area contributed by atoms with Crippen LogP contribution in [0.25, 0.3) is 0 Å². The number of halogens is 1. The molecule has 1 N–H and O–H groups in total. The molecule has 0 radical (unpaired) electrons. The summed E-state index contributed by atoms with van der Waals surface area (Å²) in [5.74, 6) is 0.563. The number of aryl methyl sites for hydroxylation is 1. The number of benzene rings is 2. The molecule has 0 aliphatic rings. The van der Waals surface area contributed by atoms with Gasteiger partial charge in [-0.15, -0.1) is 0 Å². The molecular weight excluding hydrogens is 265 g/mol. The molecule has 0 aliphatic carbocycles. The van der Waals surface area contributed by atoms with Crippen molar-refractivity contribution in [1.82, 2.24) is 5.32 Å². The Kier molecular flexibility index (Phi) is 5.34. The van der Waals surface area contributed by atoms with Crippen molar-refractivity contribution in [3.63, 3.8) is 0 Å². The van der Waals surface area contributed by atoms with Gasteiger partial charge in [0.05, 0.1) is 0 Å². The minimum absolute atomic E-state index is 0.264. The Morgan fingerprint density at radius 3 is 2.52 bits per heavy atom. The molecule has 2 rings (SSSR count). The van der Waals surface area contributed by atoms with Crippen LogP contribution in [0.15, 0.2) is 42.5 Å². The van der Waals surface area contributed by atoms with Gasteiger partial charge >= 0.3 is 0 Å². The Bertz CT molecular complexity index is 580. The fraction of sp³-hybridized carbons (Fsp3) is 0.333. The highest BCUT2D eigenvalue weighted by Crippen LogP contribution is 2.26. The van der Waals surface area contributed by atoms with Gasteiger partial charge in [-0.25, -0.2) is 4.39 Å². The average Bonchev–Trinajstić information content (AvgIpc) is 2.49. The van der Waals surface area contributed by atoms with Gasteiger partial charge in [0.2, 0.25) is 0 Å². The summed E-state index contributed by atoms with van der Waals surface area (Å²) in [6, 6.07) is 12.9. The van der Waals surface area contributed by atoms with E-state index in [1.54, 1.807) is 12.1 Å². The van der Waals surface area contributed by atoms with Crippen molar-refractivity contribution in [3.05, 3.63) is 59.4 Å². The third kappa shape index (κ3) is 4.30. The fourth-order valence-electron chi connectivity index (χ4n) is 2.12. The molecular formula is C18H22FNO. The summed E-state index contributed by atoms with van der Waals surface area (Å²) in [7, 11) is 0. The van der Waals surface area contributed by atoms with Gasteiger partial charge in [-0.05, 0) is 62.2 Å². The molecule has 0 aliphatic heterocycles. The Morgan fingerprint density at radius 1 is 1.14 bits per heavy atom. The molecule has 2 aromatic rings. The molecule has 1 unspecified atom stereocenters. The third-order valence-electron chi connectivity index (χ3n) is 3.40. The van der Waals surface area contributed by atoms with Crippen LogP contribution in [0.5, 0.6) is 11.5 Å². The van der Waals surface area contributed by atoms with E-state index in [4.69, 9.17) is 4.74 Å². The van der Waals surface area contributed by atoms with Gasteiger partial charge in [0.25, 0.3) is 0 Å². The lowest BCUT2D eigenvalue weighted by atomic mass is 10.1. The second kappa shape index (κ2) is 7.23. The predicted octanol–water partition coefficient (Wildman–Crippen LogP) is 4.99. The van der Waals surface area contributed by atoms with Gasteiger partial charge in [0, 0.05) is 6.04 Å². The number of rotatable bonds is 6. The zero-order valence-electron chi connectivity index (χ0n) is 12.8. The van der Waals surface area contributed by atoms with E-state index in [0.29, 0.717) is 11.8 Å². The summed E-state index contributed by atoms with van der Waals surface area (Å²) < 4.78 is 19.3. The van der Waals surface area contributed by atoms with Crippen molar-refractivity contribution in [2.24, 2.45) is 0 Å². The molecule has 0 saturated carbocycles. The molecule has 112 valence electrons. The summed E-state index contributed by atoms with van der Waals surface area (Å²) >= 11 is 0. The van der Waals surface area contributed by atoms with E-state index in [0.717, 1.165) is 18.5 Å². The van der Waals surface area contributed by atoms with Crippen molar-refractivity contribution in [2.45, 2.75) is 33.2 Å². The standard InChI is InChI=1S/C18H22FNO/c1-4-11-20-14(3)15-6-8-16(9-7-15)21-18-12-13(2)5-10-17(18)19/h5-10,12,14,20H,4,11H2,1-3H3. The summed E-state index contributed by atoms with van der Waals surface area (Å²) in [5.41, 5.74) is 2.17. The minimum Gasteiger partial charge on any atom is -0.454 e. The van der Waals surface area contributed by atoms with E-state index in [9.17, 15) is 4.39 Å². The third-order valence-corrected chi connectivity index (χ3v) is 3.40. The van der Waals surface area contributed by atoms with Crippen LogP contribution in [0.4, 0.5) is 4.39 Å². The quantitative estimate of drug-likeness (QED) is 0.808. The van der Waals surface area contributed by atoms with Crippen molar-refractivity contribution in [1.29, 1.82) is 0 Å². The summed E-state index contributed by atoms with van der Waals surface area (Å²) in [6.45, 7) is 7.18. The largest absolute Gasteiger partial charge is 0.454 e. The molecule has 0 amide bonds. The van der Waals surface area contributed by atoms with Crippen molar-refractivity contribution in [3.8, 4) is 11.5 Å². The molecule has 0 fully saturated rings. The minimum atomic E-state index is -0.345. The van der Waals surface area contributed by atoms with Crippen LogP contribution in [0.3, 0.4) is 0 Å². The lowest BCUT2D eigenvalue weighted by Gasteiger charge is -2.14. The summed E-state index contributed by atoms with van der Waals surface area (Å²) in [6.07, 6.45) is 1.11. The molecule has 21 heavy (non-hydrogen) atoms. The molecule has 0 bridgehead atoms. The van der Waals surface area contributed by atoms with E-state index in [1.807, 2.05) is 31.2 Å². The molecule has 3 heteroatoms. The van der Waals surface area contributed by atoms with Crippen LogP contribution in [-0.4, -0.2) is 6.54 Å². The van der Waals surface area contributed by atoms with E-state index in [-0.39, 0.29) is 11.6 Å². The highest BCUT2D eigenvalue weighted by Gasteiger charge is 2.07. The molecule has 0 heterocycles. The molecule has 1 atom stereocenters. The van der Waals surface area contributed by atoms with Crippen LogP contribution in [0.1, 0.15) is 37.4 Å². The lowest BCUT2D eigenvalue weighted by Crippen LogP contribution is -2.19. The Balaban J connectivity index is 2.07. The maximum absolute atomic E-state index is 13.7. The van der Waals surface area contributed by atoms with Crippen molar-refractivity contribution >= 4 is 0 Å². The van der Waals surface area contributed by atoms with Crippen molar-refractivity contribution in [2.75, 3.05) is 6.54 Å². The zero-order valence-corrected chi connectivity index (χ0v) is 12.8. The first kappa shape index (κ1) is 15.5. The highest BCUT2D eigenvalue weighted by molar-refractivity contribution is 5.36. The van der Waals surface area contributed by atoms with Gasteiger partial charge < -0.3 is 10.1 Å². The molecule has 0 saturated heterocycles. The Morgan fingerprint density at radius 2 is 1.86 bits per heavy atom. The van der Waals surface area contributed by atoms with Crippen LogP contribution in [-0.2, 0) is 0 Å². The second-order valence-electron chi connectivity index (χ2n) is 5.28. The topological polar surface area (TPSA) is 21.3 Å².